The van der Waals surface area contributed by atoms with Crippen LogP contribution in [0.5, 0.6) is 0 Å². The number of aryl methyl sites for hydroxylation is 2. The summed E-state index contributed by atoms with van der Waals surface area (Å²) in [7, 11) is 0. The molecule has 0 amide bonds. The molecule has 0 radical (unpaired) electrons. The van der Waals surface area contributed by atoms with Crippen LogP contribution in [0.3, 0.4) is 0 Å². The van der Waals surface area contributed by atoms with Gasteiger partial charge in [-0.25, -0.2) is 9.37 Å². The summed E-state index contributed by atoms with van der Waals surface area (Å²) in [4.78, 5) is 4.07. The van der Waals surface area contributed by atoms with Crippen LogP contribution in [0.25, 0.3) is 0 Å². The Bertz CT molecular complexity index is 505. The van der Waals surface area contributed by atoms with Crippen LogP contribution < -0.4 is 5.32 Å². The summed E-state index contributed by atoms with van der Waals surface area (Å²) < 4.78 is 15.8. The minimum absolute atomic E-state index is 0.185. The third-order valence-corrected chi connectivity index (χ3v) is 2.79. The predicted molar refractivity (Wildman–Crippen MR) is 66.4 cm³/mol. The fourth-order valence-corrected chi connectivity index (χ4v) is 1.75. The molecule has 0 aliphatic carbocycles. The topological polar surface area (TPSA) is 29.9 Å². The Morgan fingerprint density at radius 2 is 2.24 bits per heavy atom. The Morgan fingerprint density at radius 1 is 1.41 bits per heavy atom. The second-order valence-corrected chi connectivity index (χ2v) is 3.96. The summed E-state index contributed by atoms with van der Waals surface area (Å²) in [5, 5.41) is 3.10. The first kappa shape index (κ1) is 11.6. The number of hydrogen-bond donors (Lipinski definition) is 1. The van der Waals surface area contributed by atoms with Gasteiger partial charge in [-0.1, -0.05) is 12.1 Å². The van der Waals surface area contributed by atoms with Crippen molar-refractivity contribution in [1.29, 1.82) is 0 Å². The van der Waals surface area contributed by atoms with Gasteiger partial charge < -0.3 is 9.88 Å². The van der Waals surface area contributed by atoms with Crippen LogP contribution in [0, 0.1) is 12.7 Å². The fraction of sp³-hybridized carbons (Fsp3) is 0.308. The number of hydrogen-bond acceptors (Lipinski definition) is 2. The summed E-state index contributed by atoms with van der Waals surface area (Å²) in [5.74, 6) is -0.185. The Morgan fingerprint density at radius 3 is 3.00 bits per heavy atom. The van der Waals surface area contributed by atoms with E-state index in [1.165, 1.54) is 0 Å². The van der Waals surface area contributed by atoms with Crippen molar-refractivity contribution >= 4 is 5.69 Å². The molecule has 0 aliphatic heterocycles. The summed E-state index contributed by atoms with van der Waals surface area (Å²) in [6.45, 7) is 5.26. The maximum atomic E-state index is 13.7. The molecule has 17 heavy (non-hydrogen) atoms. The van der Waals surface area contributed by atoms with Gasteiger partial charge in [-0.05, 0) is 25.5 Å². The molecule has 1 aromatic carbocycles. The molecule has 0 spiro atoms. The third-order valence-electron chi connectivity index (χ3n) is 2.79. The van der Waals surface area contributed by atoms with E-state index in [9.17, 15) is 4.39 Å². The maximum absolute atomic E-state index is 13.7. The van der Waals surface area contributed by atoms with Gasteiger partial charge in [0.05, 0.1) is 24.3 Å². The highest BCUT2D eigenvalue weighted by Gasteiger charge is 2.05. The number of rotatable bonds is 4. The van der Waals surface area contributed by atoms with Gasteiger partial charge in [-0.15, -0.1) is 0 Å². The lowest BCUT2D eigenvalue weighted by atomic mass is 10.2. The van der Waals surface area contributed by atoms with Gasteiger partial charge in [0, 0.05) is 12.7 Å². The smallest absolute Gasteiger partial charge is 0.149 e. The van der Waals surface area contributed by atoms with Crippen molar-refractivity contribution in [3.63, 3.8) is 0 Å². The van der Waals surface area contributed by atoms with E-state index in [2.05, 4.69) is 17.2 Å². The Labute approximate surface area is 100 Å². The van der Waals surface area contributed by atoms with E-state index in [1.54, 1.807) is 31.6 Å². The monoisotopic (exact) mass is 233 g/mol. The lowest BCUT2D eigenvalue weighted by Gasteiger charge is -2.10. The molecule has 3 nitrogen and oxygen atoms in total. The second-order valence-electron chi connectivity index (χ2n) is 3.96. The average Bonchev–Trinajstić information content (AvgIpc) is 2.78. The number of benzene rings is 1. The number of nitrogens with one attached hydrogen (secondary N) is 1. The highest BCUT2D eigenvalue weighted by molar-refractivity contribution is 5.47. The SMILES string of the molecule is CCn1cncc1CNc1cccc(C)c1F. The third kappa shape index (κ3) is 2.46. The Kier molecular flexibility index (Phi) is 3.42. The van der Waals surface area contributed by atoms with Crippen LogP contribution >= 0.6 is 0 Å². The van der Waals surface area contributed by atoms with Crippen molar-refractivity contribution in [3.05, 3.63) is 47.8 Å². The van der Waals surface area contributed by atoms with Crippen LogP contribution in [0.15, 0.2) is 30.7 Å². The van der Waals surface area contributed by atoms with Crippen molar-refractivity contribution in [2.75, 3.05) is 5.32 Å². The molecular formula is C13H16FN3. The van der Waals surface area contributed by atoms with Gasteiger partial charge in [-0.3, -0.25) is 0 Å². The lowest BCUT2D eigenvalue weighted by molar-refractivity contribution is 0.620. The van der Waals surface area contributed by atoms with Gasteiger partial charge in [0.15, 0.2) is 0 Å². The molecule has 1 N–H and O–H groups in total. The molecule has 0 saturated carbocycles. The van der Waals surface area contributed by atoms with Crippen molar-refractivity contribution in [1.82, 2.24) is 9.55 Å². The molecule has 2 aromatic rings. The quantitative estimate of drug-likeness (QED) is 0.879. The van der Waals surface area contributed by atoms with E-state index in [4.69, 9.17) is 0 Å². The molecule has 0 saturated heterocycles. The largest absolute Gasteiger partial charge is 0.377 e. The van der Waals surface area contributed by atoms with Gasteiger partial charge in [0.2, 0.25) is 0 Å². The Balaban J connectivity index is 2.10. The number of halogens is 1. The normalized spacial score (nSPS) is 10.5. The van der Waals surface area contributed by atoms with E-state index in [1.807, 2.05) is 10.6 Å². The summed E-state index contributed by atoms with van der Waals surface area (Å²) in [6, 6.07) is 5.35. The van der Waals surface area contributed by atoms with Crippen LogP contribution in [0.2, 0.25) is 0 Å². The van der Waals surface area contributed by atoms with E-state index < -0.39 is 0 Å². The van der Waals surface area contributed by atoms with E-state index in [0.717, 1.165) is 12.2 Å². The Hall–Kier alpha value is -1.84. The molecule has 0 fully saturated rings. The summed E-state index contributed by atoms with van der Waals surface area (Å²) >= 11 is 0. The van der Waals surface area contributed by atoms with Gasteiger partial charge in [0.1, 0.15) is 5.82 Å². The van der Waals surface area contributed by atoms with Gasteiger partial charge >= 0.3 is 0 Å². The molecule has 2 rings (SSSR count). The minimum Gasteiger partial charge on any atom is -0.377 e. The number of nitrogens with zero attached hydrogens (tertiary/aromatic N) is 2. The molecule has 0 atom stereocenters. The molecule has 0 unspecified atom stereocenters. The van der Waals surface area contributed by atoms with Gasteiger partial charge in [0.25, 0.3) is 0 Å². The van der Waals surface area contributed by atoms with Crippen LogP contribution in [-0.4, -0.2) is 9.55 Å². The molecule has 1 aromatic heterocycles. The lowest BCUT2D eigenvalue weighted by Crippen LogP contribution is -2.07. The zero-order valence-electron chi connectivity index (χ0n) is 10.1. The molecular weight excluding hydrogens is 217 g/mol. The van der Waals surface area contributed by atoms with Gasteiger partial charge in [-0.2, -0.15) is 0 Å². The standard InChI is InChI=1S/C13H16FN3/c1-3-17-9-15-7-11(17)8-16-12-6-4-5-10(2)13(12)14/h4-7,9,16H,3,8H2,1-2H3. The molecule has 0 aliphatic rings. The van der Waals surface area contributed by atoms with Crippen LogP contribution in [-0.2, 0) is 13.1 Å². The van der Waals surface area contributed by atoms with Crippen LogP contribution in [0.1, 0.15) is 18.2 Å². The van der Waals surface area contributed by atoms with E-state index >= 15 is 0 Å². The fourth-order valence-electron chi connectivity index (χ4n) is 1.75. The van der Waals surface area contributed by atoms with Crippen molar-refractivity contribution in [2.45, 2.75) is 26.9 Å². The van der Waals surface area contributed by atoms with Crippen LogP contribution in [0.4, 0.5) is 10.1 Å². The minimum atomic E-state index is -0.185. The first-order valence-corrected chi connectivity index (χ1v) is 5.70. The van der Waals surface area contributed by atoms with Crippen molar-refractivity contribution in [3.8, 4) is 0 Å². The zero-order chi connectivity index (χ0) is 12.3. The summed E-state index contributed by atoms with van der Waals surface area (Å²) in [5.41, 5.74) is 2.24. The highest BCUT2D eigenvalue weighted by Crippen LogP contribution is 2.17. The van der Waals surface area contributed by atoms with Crippen molar-refractivity contribution in [2.24, 2.45) is 0 Å². The first-order chi connectivity index (χ1) is 8.22. The highest BCUT2D eigenvalue weighted by atomic mass is 19.1. The maximum Gasteiger partial charge on any atom is 0.149 e. The second kappa shape index (κ2) is 4.99. The molecule has 4 heteroatoms. The number of imidazole rings is 1. The summed E-state index contributed by atoms with van der Waals surface area (Å²) in [6.07, 6.45) is 3.58. The number of aromatic nitrogens is 2. The zero-order valence-corrected chi connectivity index (χ0v) is 10.1. The van der Waals surface area contributed by atoms with E-state index in [-0.39, 0.29) is 5.82 Å². The molecule has 1 heterocycles. The number of anilines is 1. The molecule has 0 bridgehead atoms. The van der Waals surface area contributed by atoms with E-state index in [0.29, 0.717) is 17.8 Å². The molecule has 90 valence electrons. The predicted octanol–water partition coefficient (Wildman–Crippen LogP) is 2.96. The first-order valence-electron chi connectivity index (χ1n) is 5.70. The van der Waals surface area contributed by atoms with Crippen molar-refractivity contribution < 1.29 is 4.39 Å². The average molecular weight is 233 g/mol.